The van der Waals surface area contributed by atoms with Gasteiger partial charge in [-0.3, -0.25) is 9.78 Å². The number of rotatable bonds is 9. The molecule has 0 saturated heterocycles. The number of aromatic amines is 1. The van der Waals surface area contributed by atoms with Crippen molar-refractivity contribution in [3.05, 3.63) is 34.6 Å². The molecule has 7 nitrogen and oxygen atoms in total. The first-order valence-corrected chi connectivity index (χ1v) is 8.25. The molecule has 24 heavy (non-hydrogen) atoms. The predicted molar refractivity (Wildman–Crippen MR) is 95.5 cm³/mol. The van der Waals surface area contributed by atoms with E-state index in [2.05, 4.69) is 39.2 Å². The molecular formula is C17H25N5O2. The molecule has 0 spiro atoms. The minimum atomic E-state index is -0.274. The van der Waals surface area contributed by atoms with Crippen LogP contribution in [0.25, 0.3) is 11.3 Å². The van der Waals surface area contributed by atoms with Crippen molar-refractivity contribution in [2.75, 3.05) is 38.6 Å². The SMILES string of the molecule is CCN(CC)CCCNc1nnc(-c2cccc(OC)c2)c(=O)[nH]1. The Kier molecular flexibility index (Phi) is 6.74. The van der Waals surface area contributed by atoms with E-state index in [-0.39, 0.29) is 11.3 Å². The van der Waals surface area contributed by atoms with Crippen molar-refractivity contribution in [2.45, 2.75) is 20.3 Å². The molecule has 1 aromatic carbocycles. The molecule has 0 radical (unpaired) electrons. The molecule has 2 rings (SSSR count). The van der Waals surface area contributed by atoms with Crippen LogP contribution in [0.3, 0.4) is 0 Å². The molecule has 1 aromatic heterocycles. The summed E-state index contributed by atoms with van der Waals surface area (Å²) in [6.45, 7) is 8.14. The van der Waals surface area contributed by atoms with Crippen LogP contribution in [-0.2, 0) is 0 Å². The Hall–Kier alpha value is -2.41. The average Bonchev–Trinajstić information content (AvgIpc) is 2.62. The summed E-state index contributed by atoms with van der Waals surface area (Å²) in [7, 11) is 1.58. The highest BCUT2D eigenvalue weighted by Gasteiger charge is 2.08. The number of nitrogens with zero attached hydrogens (tertiary/aromatic N) is 3. The van der Waals surface area contributed by atoms with Crippen LogP contribution in [0.5, 0.6) is 5.75 Å². The predicted octanol–water partition coefficient (Wildman–Crippen LogP) is 1.98. The molecule has 2 aromatic rings. The second-order valence-corrected chi connectivity index (χ2v) is 5.39. The molecule has 0 saturated carbocycles. The van der Waals surface area contributed by atoms with Crippen LogP contribution in [0.1, 0.15) is 20.3 Å². The fourth-order valence-corrected chi connectivity index (χ4v) is 2.43. The normalized spacial score (nSPS) is 10.8. The number of ether oxygens (including phenoxy) is 1. The second kappa shape index (κ2) is 9.02. The van der Waals surface area contributed by atoms with Gasteiger partial charge in [0, 0.05) is 12.1 Å². The minimum Gasteiger partial charge on any atom is -0.497 e. The number of aromatic nitrogens is 3. The van der Waals surface area contributed by atoms with Crippen molar-refractivity contribution in [3.63, 3.8) is 0 Å². The standard InChI is InChI=1S/C17H25N5O2/c1-4-22(5-2)11-7-10-18-17-19-16(23)15(20-21-17)13-8-6-9-14(12-13)24-3/h6,8-9,12H,4-5,7,10-11H2,1-3H3,(H2,18,19,21,23). The van der Waals surface area contributed by atoms with Gasteiger partial charge in [0.1, 0.15) is 5.75 Å². The molecular weight excluding hydrogens is 306 g/mol. The van der Waals surface area contributed by atoms with Gasteiger partial charge in [0.2, 0.25) is 5.95 Å². The molecule has 0 bridgehead atoms. The quantitative estimate of drug-likeness (QED) is 0.684. The summed E-state index contributed by atoms with van der Waals surface area (Å²) in [6, 6.07) is 7.20. The first-order valence-electron chi connectivity index (χ1n) is 8.25. The van der Waals surface area contributed by atoms with Crippen LogP contribution in [-0.4, -0.2) is 53.4 Å². The largest absolute Gasteiger partial charge is 0.497 e. The highest BCUT2D eigenvalue weighted by Crippen LogP contribution is 2.19. The lowest BCUT2D eigenvalue weighted by Gasteiger charge is -2.17. The van der Waals surface area contributed by atoms with Gasteiger partial charge in [0.25, 0.3) is 5.56 Å². The second-order valence-electron chi connectivity index (χ2n) is 5.39. The van der Waals surface area contributed by atoms with Crippen molar-refractivity contribution in [1.29, 1.82) is 0 Å². The summed E-state index contributed by atoms with van der Waals surface area (Å²) < 4.78 is 5.17. The number of methoxy groups -OCH3 is 1. The Morgan fingerprint density at radius 1 is 1.25 bits per heavy atom. The molecule has 7 heteroatoms. The summed E-state index contributed by atoms with van der Waals surface area (Å²) in [5.41, 5.74) is 0.684. The highest BCUT2D eigenvalue weighted by molar-refractivity contribution is 5.60. The molecule has 0 aliphatic heterocycles. The Balaban J connectivity index is 1.98. The maximum absolute atomic E-state index is 12.2. The molecule has 0 aliphatic rings. The summed E-state index contributed by atoms with van der Waals surface area (Å²) in [6.07, 6.45) is 0.975. The van der Waals surface area contributed by atoms with Gasteiger partial charge in [0.05, 0.1) is 7.11 Å². The minimum absolute atomic E-state index is 0.274. The van der Waals surface area contributed by atoms with E-state index in [0.29, 0.717) is 17.3 Å². The average molecular weight is 331 g/mol. The zero-order valence-corrected chi connectivity index (χ0v) is 14.5. The lowest BCUT2D eigenvalue weighted by Crippen LogP contribution is -2.26. The Morgan fingerprint density at radius 3 is 2.71 bits per heavy atom. The lowest BCUT2D eigenvalue weighted by atomic mass is 10.1. The van der Waals surface area contributed by atoms with Gasteiger partial charge in [-0.25, -0.2) is 0 Å². The van der Waals surface area contributed by atoms with E-state index in [1.807, 2.05) is 12.1 Å². The van der Waals surface area contributed by atoms with Gasteiger partial charge in [-0.15, -0.1) is 10.2 Å². The van der Waals surface area contributed by atoms with E-state index in [1.165, 1.54) is 0 Å². The number of nitrogens with one attached hydrogen (secondary N) is 2. The van der Waals surface area contributed by atoms with Crippen molar-refractivity contribution >= 4 is 5.95 Å². The van der Waals surface area contributed by atoms with Crippen molar-refractivity contribution in [3.8, 4) is 17.0 Å². The number of benzene rings is 1. The number of H-pyrrole nitrogens is 1. The van der Waals surface area contributed by atoms with Crippen LogP contribution in [0, 0.1) is 0 Å². The topological polar surface area (TPSA) is 83.1 Å². The first-order chi connectivity index (χ1) is 11.7. The van der Waals surface area contributed by atoms with Gasteiger partial charge in [0.15, 0.2) is 5.69 Å². The fourth-order valence-electron chi connectivity index (χ4n) is 2.43. The van der Waals surface area contributed by atoms with Crippen LogP contribution < -0.4 is 15.6 Å². The maximum atomic E-state index is 12.2. The van der Waals surface area contributed by atoms with Gasteiger partial charge < -0.3 is 15.0 Å². The van der Waals surface area contributed by atoms with Crippen molar-refractivity contribution < 1.29 is 4.74 Å². The number of hydrogen-bond donors (Lipinski definition) is 2. The van der Waals surface area contributed by atoms with E-state index >= 15 is 0 Å². The number of anilines is 1. The highest BCUT2D eigenvalue weighted by atomic mass is 16.5. The zero-order chi connectivity index (χ0) is 17.4. The molecule has 1 heterocycles. The summed E-state index contributed by atoms with van der Waals surface area (Å²) in [4.78, 5) is 17.3. The Morgan fingerprint density at radius 2 is 2.04 bits per heavy atom. The van der Waals surface area contributed by atoms with Gasteiger partial charge >= 0.3 is 0 Å². The van der Waals surface area contributed by atoms with E-state index in [1.54, 1.807) is 19.2 Å². The van der Waals surface area contributed by atoms with Gasteiger partial charge in [-0.2, -0.15) is 0 Å². The van der Waals surface area contributed by atoms with E-state index < -0.39 is 0 Å². The molecule has 0 aliphatic carbocycles. The van der Waals surface area contributed by atoms with Crippen LogP contribution in [0.15, 0.2) is 29.1 Å². The van der Waals surface area contributed by atoms with Gasteiger partial charge in [-0.1, -0.05) is 26.0 Å². The third kappa shape index (κ3) is 4.79. The van der Waals surface area contributed by atoms with Crippen LogP contribution in [0.4, 0.5) is 5.95 Å². The Bertz CT molecular complexity index is 697. The fraction of sp³-hybridized carbons (Fsp3) is 0.471. The third-order valence-electron chi connectivity index (χ3n) is 3.88. The molecule has 0 amide bonds. The lowest BCUT2D eigenvalue weighted by molar-refractivity contribution is 0.303. The van der Waals surface area contributed by atoms with E-state index in [9.17, 15) is 4.79 Å². The zero-order valence-electron chi connectivity index (χ0n) is 14.5. The summed E-state index contributed by atoms with van der Waals surface area (Å²) in [5, 5.41) is 11.2. The van der Waals surface area contributed by atoms with E-state index in [4.69, 9.17) is 4.74 Å². The third-order valence-corrected chi connectivity index (χ3v) is 3.88. The first kappa shape index (κ1) is 17.9. The number of hydrogen-bond acceptors (Lipinski definition) is 6. The molecule has 2 N–H and O–H groups in total. The van der Waals surface area contributed by atoms with Gasteiger partial charge in [-0.05, 0) is 38.2 Å². The maximum Gasteiger partial charge on any atom is 0.279 e. The Labute approximate surface area is 142 Å². The molecule has 0 atom stereocenters. The molecule has 0 fully saturated rings. The molecule has 0 unspecified atom stereocenters. The van der Waals surface area contributed by atoms with Crippen molar-refractivity contribution in [2.24, 2.45) is 0 Å². The summed E-state index contributed by atoms with van der Waals surface area (Å²) in [5.74, 6) is 1.07. The van der Waals surface area contributed by atoms with E-state index in [0.717, 1.165) is 32.6 Å². The monoisotopic (exact) mass is 331 g/mol. The smallest absolute Gasteiger partial charge is 0.279 e. The van der Waals surface area contributed by atoms with Crippen LogP contribution >= 0.6 is 0 Å². The van der Waals surface area contributed by atoms with Crippen molar-refractivity contribution in [1.82, 2.24) is 20.1 Å². The van der Waals surface area contributed by atoms with Crippen LogP contribution in [0.2, 0.25) is 0 Å². The summed E-state index contributed by atoms with van der Waals surface area (Å²) >= 11 is 0. The molecule has 130 valence electrons.